The maximum atomic E-state index is 5.73. The van der Waals surface area contributed by atoms with E-state index < -0.39 is 0 Å². The molecular weight excluding hydrogens is 465 g/mol. The summed E-state index contributed by atoms with van der Waals surface area (Å²) in [4.78, 5) is 9.84. The molecule has 0 amide bonds. The third-order valence-corrected chi connectivity index (χ3v) is 4.96. The molecule has 0 aromatic heterocycles. The SMILES string of the molecule is CCNC(=NCC(C)N1CCN(CC)CC1)NCCCOc1ccccc1.I. The van der Waals surface area contributed by atoms with Crippen molar-refractivity contribution in [2.24, 2.45) is 4.99 Å². The average Bonchev–Trinajstić information content (AvgIpc) is 2.72. The topological polar surface area (TPSA) is 52.1 Å². The zero-order chi connectivity index (χ0) is 19.3. The molecular formula is C21H38IN5O. The largest absolute Gasteiger partial charge is 0.494 e. The number of likely N-dealkylation sites (N-methyl/N-ethyl adjacent to an activating group) is 1. The van der Waals surface area contributed by atoms with Gasteiger partial charge in [0.15, 0.2) is 5.96 Å². The highest BCUT2D eigenvalue weighted by atomic mass is 127. The van der Waals surface area contributed by atoms with Crippen molar-refractivity contribution in [3.8, 4) is 5.75 Å². The normalized spacial score (nSPS) is 16.9. The van der Waals surface area contributed by atoms with Gasteiger partial charge in [-0.2, -0.15) is 0 Å². The molecule has 0 aliphatic carbocycles. The highest BCUT2D eigenvalue weighted by Crippen LogP contribution is 2.08. The first-order valence-corrected chi connectivity index (χ1v) is 10.4. The van der Waals surface area contributed by atoms with Crippen molar-refractivity contribution in [2.75, 3.05) is 59.0 Å². The zero-order valence-electron chi connectivity index (χ0n) is 17.7. The van der Waals surface area contributed by atoms with Crippen molar-refractivity contribution in [1.29, 1.82) is 0 Å². The third kappa shape index (κ3) is 9.43. The Kier molecular flexibility index (Phi) is 13.3. The molecule has 28 heavy (non-hydrogen) atoms. The summed E-state index contributed by atoms with van der Waals surface area (Å²) in [6.45, 7) is 15.6. The highest BCUT2D eigenvalue weighted by Gasteiger charge is 2.19. The van der Waals surface area contributed by atoms with Gasteiger partial charge in [-0.05, 0) is 38.9 Å². The second-order valence-corrected chi connectivity index (χ2v) is 6.98. The number of halogens is 1. The van der Waals surface area contributed by atoms with E-state index in [2.05, 4.69) is 41.2 Å². The summed E-state index contributed by atoms with van der Waals surface area (Å²) in [6.07, 6.45) is 0.938. The highest BCUT2D eigenvalue weighted by molar-refractivity contribution is 14.0. The van der Waals surface area contributed by atoms with Gasteiger partial charge in [0.05, 0.1) is 13.2 Å². The molecule has 1 saturated heterocycles. The van der Waals surface area contributed by atoms with E-state index in [1.807, 2.05) is 30.3 Å². The predicted molar refractivity (Wildman–Crippen MR) is 129 cm³/mol. The molecule has 160 valence electrons. The molecule has 1 aliphatic rings. The third-order valence-electron chi connectivity index (χ3n) is 4.96. The average molecular weight is 503 g/mol. The molecule has 1 aromatic rings. The van der Waals surface area contributed by atoms with Gasteiger partial charge in [-0.3, -0.25) is 9.89 Å². The zero-order valence-corrected chi connectivity index (χ0v) is 20.0. The summed E-state index contributed by atoms with van der Waals surface area (Å²) in [7, 11) is 0. The quantitative estimate of drug-likeness (QED) is 0.223. The van der Waals surface area contributed by atoms with Crippen LogP contribution in [0.4, 0.5) is 0 Å². The lowest BCUT2D eigenvalue weighted by Crippen LogP contribution is -2.50. The first kappa shape index (κ1) is 25.0. The Morgan fingerprint density at radius 2 is 1.82 bits per heavy atom. The van der Waals surface area contributed by atoms with Crippen LogP contribution in [-0.2, 0) is 0 Å². The lowest BCUT2D eigenvalue weighted by molar-refractivity contribution is 0.109. The van der Waals surface area contributed by atoms with Crippen molar-refractivity contribution >= 4 is 29.9 Å². The Balaban J connectivity index is 0.00000392. The summed E-state index contributed by atoms with van der Waals surface area (Å²) in [5, 5.41) is 6.75. The maximum absolute atomic E-state index is 5.73. The van der Waals surface area contributed by atoms with Gasteiger partial charge >= 0.3 is 0 Å². The van der Waals surface area contributed by atoms with Crippen LogP contribution >= 0.6 is 24.0 Å². The summed E-state index contributed by atoms with van der Waals surface area (Å²) >= 11 is 0. The van der Waals surface area contributed by atoms with Crippen molar-refractivity contribution < 1.29 is 4.74 Å². The molecule has 0 spiro atoms. The van der Waals surface area contributed by atoms with E-state index in [9.17, 15) is 0 Å². The van der Waals surface area contributed by atoms with E-state index in [-0.39, 0.29) is 24.0 Å². The molecule has 0 radical (unpaired) electrons. The van der Waals surface area contributed by atoms with E-state index in [0.717, 1.165) is 57.4 Å². The first-order chi connectivity index (χ1) is 13.2. The molecule has 1 heterocycles. The van der Waals surface area contributed by atoms with Gasteiger partial charge in [0.2, 0.25) is 0 Å². The van der Waals surface area contributed by atoms with Crippen molar-refractivity contribution in [3.63, 3.8) is 0 Å². The second kappa shape index (κ2) is 14.9. The van der Waals surface area contributed by atoms with E-state index in [4.69, 9.17) is 9.73 Å². The summed E-state index contributed by atoms with van der Waals surface area (Å²) in [5.74, 6) is 1.83. The van der Waals surface area contributed by atoms with E-state index >= 15 is 0 Å². The smallest absolute Gasteiger partial charge is 0.191 e. The second-order valence-electron chi connectivity index (χ2n) is 6.98. The van der Waals surface area contributed by atoms with Crippen LogP contribution in [0.3, 0.4) is 0 Å². The minimum atomic E-state index is 0. The van der Waals surface area contributed by atoms with E-state index in [1.165, 1.54) is 13.1 Å². The van der Waals surface area contributed by atoms with Gasteiger partial charge in [0.25, 0.3) is 0 Å². The molecule has 1 atom stereocenters. The lowest BCUT2D eigenvalue weighted by atomic mass is 10.2. The fourth-order valence-corrected chi connectivity index (χ4v) is 3.19. The molecule has 6 nitrogen and oxygen atoms in total. The van der Waals surface area contributed by atoms with Crippen LogP contribution in [0.25, 0.3) is 0 Å². The summed E-state index contributed by atoms with van der Waals surface area (Å²) in [5.41, 5.74) is 0. The Morgan fingerprint density at radius 1 is 1.11 bits per heavy atom. The minimum absolute atomic E-state index is 0. The number of nitrogens with one attached hydrogen (secondary N) is 2. The fraction of sp³-hybridized carbons (Fsp3) is 0.667. The number of ether oxygens (including phenoxy) is 1. The van der Waals surface area contributed by atoms with Crippen LogP contribution in [-0.4, -0.2) is 80.8 Å². The first-order valence-electron chi connectivity index (χ1n) is 10.4. The molecule has 1 aromatic carbocycles. The molecule has 2 rings (SSSR count). The van der Waals surface area contributed by atoms with Gasteiger partial charge in [0.1, 0.15) is 5.75 Å². The molecule has 1 fully saturated rings. The van der Waals surface area contributed by atoms with Crippen LogP contribution in [0.2, 0.25) is 0 Å². The number of piperazine rings is 1. The van der Waals surface area contributed by atoms with Gasteiger partial charge in [-0.25, -0.2) is 0 Å². The Morgan fingerprint density at radius 3 is 2.46 bits per heavy atom. The van der Waals surface area contributed by atoms with Crippen LogP contribution in [0.1, 0.15) is 27.2 Å². The monoisotopic (exact) mass is 503 g/mol. The van der Waals surface area contributed by atoms with Gasteiger partial charge in [0, 0.05) is 45.3 Å². The van der Waals surface area contributed by atoms with E-state index in [0.29, 0.717) is 12.6 Å². The fourth-order valence-electron chi connectivity index (χ4n) is 3.19. The summed E-state index contributed by atoms with van der Waals surface area (Å²) < 4.78 is 5.73. The van der Waals surface area contributed by atoms with Crippen molar-refractivity contribution in [3.05, 3.63) is 30.3 Å². The molecule has 1 aliphatic heterocycles. The summed E-state index contributed by atoms with van der Waals surface area (Å²) in [6, 6.07) is 10.4. The maximum Gasteiger partial charge on any atom is 0.191 e. The standard InChI is InChI=1S/C21H37N5O.HI/c1-4-22-21(23-12-9-17-27-20-10-7-6-8-11-20)24-18-19(3)26-15-13-25(5-2)14-16-26;/h6-8,10-11,19H,4-5,9,12-18H2,1-3H3,(H2,22,23,24);1H. The molecule has 1 unspecified atom stereocenters. The number of nitrogens with zero attached hydrogens (tertiary/aromatic N) is 3. The minimum Gasteiger partial charge on any atom is -0.494 e. The number of guanidine groups is 1. The number of para-hydroxylation sites is 1. The van der Waals surface area contributed by atoms with Crippen molar-refractivity contribution in [2.45, 2.75) is 33.2 Å². The van der Waals surface area contributed by atoms with Crippen LogP contribution in [0.5, 0.6) is 5.75 Å². The van der Waals surface area contributed by atoms with Crippen LogP contribution in [0.15, 0.2) is 35.3 Å². The van der Waals surface area contributed by atoms with Gasteiger partial charge < -0.3 is 20.3 Å². The predicted octanol–water partition coefficient (Wildman–Crippen LogP) is 2.65. The van der Waals surface area contributed by atoms with Crippen LogP contribution in [0, 0.1) is 0 Å². The molecule has 7 heteroatoms. The van der Waals surface area contributed by atoms with Gasteiger partial charge in [-0.1, -0.05) is 25.1 Å². The lowest BCUT2D eigenvalue weighted by Gasteiger charge is -2.37. The van der Waals surface area contributed by atoms with Crippen molar-refractivity contribution in [1.82, 2.24) is 20.4 Å². The molecule has 2 N–H and O–H groups in total. The number of benzene rings is 1. The Hall–Kier alpha value is -1.06. The molecule has 0 saturated carbocycles. The number of aliphatic imine (C=N–C) groups is 1. The number of rotatable bonds is 10. The molecule has 0 bridgehead atoms. The van der Waals surface area contributed by atoms with E-state index in [1.54, 1.807) is 0 Å². The number of hydrogen-bond acceptors (Lipinski definition) is 4. The Bertz CT molecular complexity index is 535. The van der Waals surface area contributed by atoms with Gasteiger partial charge in [-0.15, -0.1) is 24.0 Å². The Labute approximate surface area is 188 Å². The number of hydrogen-bond donors (Lipinski definition) is 2. The van der Waals surface area contributed by atoms with Crippen LogP contribution < -0.4 is 15.4 Å².